The van der Waals surface area contributed by atoms with Crippen LogP contribution < -0.4 is 5.73 Å². The Balaban J connectivity index is 3.25. The summed E-state index contributed by atoms with van der Waals surface area (Å²) in [5.41, 5.74) is 5.25. The van der Waals surface area contributed by atoms with E-state index in [9.17, 15) is 4.79 Å². The smallest absolute Gasteiger partial charge is 0.227 e. The largest absolute Gasteiger partial charge is 0.369 e. The van der Waals surface area contributed by atoms with Crippen LogP contribution in [0.4, 0.5) is 0 Å². The van der Waals surface area contributed by atoms with Crippen molar-refractivity contribution in [2.24, 2.45) is 5.73 Å². The molecule has 0 atom stereocenters. The Morgan fingerprint density at radius 3 is 2.00 bits per heavy atom. The number of nitrogens with two attached hydrogens (primary N) is 1. The van der Waals surface area contributed by atoms with Crippen molar-refractivity contribution in [3.05, 3.63) is 33.8 Å². The zero-order valence-electron chi connectivity index (χ0n) is 7.97. The summed E-state index contributed by atoms with van der Waals surface area (Å²) < 4.78 is 0. The van der Waals surface area contributed by atoms with E-state index in [-0.39, 0.29) is 0 Å². The molecule has 1 amide bonds. The van der Waals surface area contributed by atoms with E-state index in [1.807, 2.05) is 0 Å². The fourth-order valence-electron chi connectivity index (χ4n) is 1.06. The topological polar surface area (TPSA) is 43.1 Å². The van der Waals surface area contributed by atoms with Crippen LogP contribution in [0.3, 0.4) is 0 Å². The Morgan fingerprint density at radius 1 is 1.21 bits per heavy atom. The molecule has 0 unspecified atom stereocenters. The molecule has 0 radical (unpaired) electrons. The fraction of sp³-hybridized carbons (Fsp3) is 0.300. The maximum Gasteiger partial charge on any atom is 0.227 e. The van der Waals surface area contributed by atoms with Gasteiger partial charge >= 0.3 is 0 Å². The molecule has 2 nitrogen and oxygen atoms in total. The van der Waals surface area contributed by atoms with Crippen LogP contribution in [0.2, 0.25) is 10.0 Å². The third-order valence-corrected chi connectivity index (χ3v) is 2.64. The molecule has 0 fully saturated rings. The van der Waals surface area contributed by atoms with Gasteiger partial charge in [-0.3, -0.25) is 4.79 Å². The minimum atomic E-state index is -0.755. The first-order chi connectivity index (χ1) is 6.34. The van der Waals surface area contributed by atoms with Crippen molar-refractivity contribution in [3.8, 4) is 0 Å². The Hall–Kier alpha value is -0.730. The summed E-state index contributed by atoms with van der Waals surface area (Å²) in [6.45, 7) is 3.47. The zero-order valence-corrected chi connectivity index (χ0v) is 9.49. The molecule has 1 aromatic carbocycles. The second-order valence-corrected chi connectivity index (χ2v) is 4.52. The van der Waals surface area contributed by atoms with Crippen molar-refractivity contribution in [1.29, 1.82) is 0 Å². The number of hydrogen-bond donors (Lipinski definition) is 1. The number of primary amides is 1. The maximum atomic E-state index is 11.2. The van der Waals surface area contributed by atoms with E-state index in [1.165, 1.54) is 0 Å². The average molecular weight is 232 g/mol. The standard InChI is InChI=1S/C10H11Cl2NO/c1-10(2,9(13)14)6-3-7(11)5-8(12)4-6/h3-5H,1-2H3,(H2,13,14). The van der Waals surface area contributed by atoms with Gasteiger partial charge in [0.25, 0.3) is 0 Å². The molecule has 1 aromatic rings. The maximum absolute atomic E-state index is 11.2. The average Bonchev–Trinajstić information content (AvgIpc) is 2.01. The summed E-state index contributed by atoms with van der Waals surface area (Å²) in [4.78, 5) is 11.2. The van der Waals surface area contributed by atoms with E-state index >= 15 is 0 Å². The molecule has 0 bridgehead atoms. The summed E-state index contributed by atoms with van der Waals surface area (Å²) in [5, 5.41) is 1.00. The van der Waals surface area contributed by atoms with Crippen molar-refractivity contribution in [1.82, 2.24) is 0 Å². The molecule has 0 saturated heterocycles. The molecular weight excluding hydrogens is 221 g/mol. The Labute approximate surface area is 93.0 Å². The van der Waals surface area contributed by atoms with Gasteiger partial charge in [-0.05, 0) is 37.6 Å². The van der Waals surface area contributed by atoms with Gasteiger partial charge in [0, 0.05) is 10.0 Å². The van der Waals surface area contributed by atoms with Crippen LogP contribution in [0.25, 0.3) is 0 Å². The number of halogens is 2. The van der Waals surface area contributed by atoms with E-state index in [4.69, 9.17) is 28.9 Å². The molecule has 14 heavy (non-hydrogen) atoms. The Morgan fingerprint density at radius 2 is 1.64 bits per heavy atom. The summed E-state index contributed by atoms with van der Waals surface area (Å²) in [7, 11) is 0. The summed E-state index contributed by atoms with van der Waals surface area (Å²) in [5.74, 6) is -0.407. The van der Waals surface area contributed by atoms with E-state index in [0.29, 0.717) is 10.0 Å². The first-order valence-electron chi connectivity index (χ1n) is 4.10. The van der Waals surface area contributed by atoms with Gasteiger partial charge in [-0.15, -0.1) is 0 Å². The van der Waals surface area contributed by atoms with Gasteiger partial charge in [0.1, 0.15) is 0 Å². The van der Waals surface area contributed by atoms with E-state index in [2.05, 4.69) is 0 Å². The van der Waals surface area contributed by atoms with Crippen LogP contribution in [-0.2, 0) is 10.2 Å². The molecule has 0 heterocycles. The number of rotatable bonds is 2. The van der Waals surface area contributed by atoms with Crippen molar-refractivity contribution < 1.29 is 4.79 Å². The second kappa shape index (κ2) is 3.79. The SMILES string of the molecule is CC(C)(C(N)=O)c1cc(Cl)cc(Cl)c1. The number of amides is 1. The zero-order chi connectivity index (χ0) is 10.9. The fourth-order valence-corrected chi connectivity index (χ4v) is 1.58. The number of carbonyl (C=O) groups is 1. The molecule has 0 aliphatic heterocycles. The van der Waals surface area contributed by atoms with Crippen LogP contribution in [0, 0.1) is 0 Å². The highest BCUT2D eigenvalue weighted by Crippen LogP contribution is 2.28. The van der Waals surface area contributed by atoms with Crippen LogP contribution in [-0.4, -0.2) is 5.91 Å². The second-order valence-electron chi connectivity index (χ2n) is 3.65. The molecule has 0 aromatic heterocycles. The van der Waals surface area contributed by atoms with E-state index < -0.39 is 11.3 Å². The van der Waals surface area contributed by atoms with Crippen LogP contribution in [0.1, 0.15) is 19.4 Å². The van der Waals surface area contributed by atoms with Crippen molar-refractivity contribution in [2.75, 3.05) is 0 Å². The molecule has 4 heteroatoms. The molecule has 0 aliphatic carbocycles. The monoisotopic (exact) mass is 231 g/mol. The van der Waals surface area contributed by atoms with Gasteiger partial charge in [0.15, 0.2) is 0 Å². The van der Waals surface area contributed by atoms with Crippen LogP contribution in [0.15, 0.2) is 18.2 Å². The lowest BCUT2D eigenvalue weighted by Gasteiger charge is -2.21. The molecule has 76 valence electrons. The molecule has 0 saturated carbocycles. The number of carbonyl (C=O) groups excluding carboxylic acids is 1. The minimum Gasteiger partial charge on any atom is -0.369 e. The van der Waals surface area contributed by atoms with Crippen molar-refractivity contribution in [3.63, 3.8) is 0 Å². The van der Waals surface area contributed by atoms with E-state index in [1.54, 1.807) is 32.0 Å². The van der Waals surface area contributed by atoms with Crippen LogP contribution in [0.5, 0.6) is 0 Å². The Bertz CT molecular complexity index is 354. The lowest BCUT2D eigenvalue weighted by molar-refractivity contribution is -0.122. The highest BCUT2D eigenvalue weighted by atomic mass is 35.5. The van der Waals surface area contributed by atoms with Crippen molar-refractivity contribution >= 4 is 29.1 Å². The molecule has 0 spiro atoms. The van der Waals surface area contributed by atoms with Gasteiger partial charge in [0.05, 0.1) is 5.41 Å². The third-order valence-electron chi connectivity index (χ3n) is 2.20. The van der Waals surface area contributed by atoms with E-state index in [0.717, 1.165) is 5.56 Å². The predicted octanol–water partition coefficient (Wildman–Crippen LogP) is 2.76. The quantitative estimate of drug-likeness (QED) is 0.836. The summed E-state index contributed by atoms with van der Waals surface area (Å²) in [6, 6.07) is 5.00. The summed E-state index contributed by atoms with van der Waals surface area (Å²) >= 11 is 11.6. The normalized spacial score (nSPS) is 11.4. The molecule has 1 rings (SSSR count). The Kier molecular flexibility index (Phi) is 3.07. The van der Waals surface area contributed by atoms with Gasteiger partial charge < -0.3 is 5.73 Å². The summed E-state index contributed by atoms with van der Waals surface area (Å²) in [6.07, 6.45) is 0. The first-order valence-corrected chi connectivity index (χ1v) is 4.86. The molecular formula is C10H11Cl2NO. The van der Waals surface area contributed by atoms with Crippen molar-refractivity contribution in [2.45, 2.75) is 19.3 Å². The van der Waals surface area contributed by atoms with Gasteiger partial charge in [-0.2, -0.15) is 0 Å². The highest BCUT2D eigenvalue weighted by molar-refractivity contribution is 6.34. The molecule has 2 N–H and O–H groups in total. The predicted molar refractivity (Wildman–Crippen MR) is 58.7 cm³/mol. The molecule has 0 aliphatic rings. The van der Waals surface area contributed by atoms with Gasteiger partial charge in [-0.1, -0.05) is 23.2 Å². The third kappa shape index (κ3) is 2.20. The van der Waals surface area contributed by atoms with Gasteiger partial charge in [-0.25, -0.2) is 0 Å². The number of benzene rings is 1. The van der Waals surface area contributed by atoms with Crippen LogP contribution >= 0.6 is 23.2 Å². The minimum absolute atomic E-state index is 0.407. The van der Waals surface area contributed by atoms with Gasteiger partial charge in [0.2, 0.25) is 5.91 Å². The first kappa shape index (κ1) is 11.3. The lowest BCUT2D eigenvalue weighted by atomic mass is 9.84. The highest BCUT2D eigenvalue weighted by Gasteiger charge is 2.27. The number of hydrogen-bond acceptors (Lipinski definition) is 1. The lowest BCUT2D eigenvalue weighted by Crippen LogP contribution is -2.35.